The van der Waals surface area contributed by atoms with E-state index in [0.29, 0.717) is 0 Å². The number of rotatable bonds is 0. The van der Waals surface area contributed by atoms with Crippen LogP contribution in [0.1, 0.15) is 22.3 Å². The summed E-state index contributed by atoms with van der Waals surface area (Å²) in [4.78, 5) is 4.32. The van der Waals surface area contributed by atoms with Gasteiger partial charge in [-0.05, 0) is 56.0 Å². The summed E-state index contributed by atoms with van der Waals surface area (Å²) >= 11 is 0. The third kappa shape index (κ3) is 1.12. The van der Waals surface area contributed by atoms with Crippen molar-refractivity contribution in [3.05, 3.63) is 40.6 Å². The Balaban J connectivity index is 3.02. The third-order valence-corrected chi connectivity index (χ3v) is 3.20. The first kappa shape index (κ1) is 9.20. The molecule has 0 amide bonds. The van der Waals surface area contributed by atoms with Gasteiger partial charge < -0.3 is 0 Å². The molecule has 1 heterocycles. The maximum Gasteiger partial charge on any atom is 0.0894 e. The molecule has 0 saturated heterocycles. The van der Waals surface area contributed by atoms with Crippen molar-refractivity contribution in [3.63, 3.8) is 0 Å². The molecule has 0 aliphatic heterocycles. The molecule has 1 heteroatoms. The predicted octanol–water partition coefficient (Wildman–Crippen LogP) is 3.27. The number of aromatic nitrogens is 1. The van der Waals surface area contributed by atoms with Gasteiger partial charge in [0.25, 0.3) is 0 Å². The number of nitrogens with zero attached hydrogens (tertiary/aromatic N) is 1. The summed E-state index contributed by atoms with van der Waals surface area (Å²) in [6.07, 6.45) is 2.90. The van der Waals surface area contributed by atoms with Crippen LogP contribution in [0.25, 0.3) is 10.9 Å². The molecule has 1 aromatic carbocycles. The van der Waals surface area contributed by atoms with E-state index in [2.05, 4.69) is 44.9 Å². The van der Waals surface area contributed by atoms with Gasteiger partial charge in [0.05, 0.1) is 11.7 Å². The van der Waals surface area contributed by atoms with Crippen molar-refractivity contribution in [2.24, 2.45) is 0 Å². The molecule has 0 bridgehead atoms. The molecule has 0 atom stereocenters. The summed E-state index contributed by atoms with van der Waals surface area (Å²) in [5.41, 5.74) is 6.43. The Morgan fingerprint density at radius 1 is 0.929 bits per heavy atom. The summed E-state index contributed by atoms with van der Waals surface area (Å²) < 4.78 is 0. The minimum absolute atomic E-state index is 1.09. The molecule has 0 spiro atoms. The minimum atomic E-state index is 1.09. The predicted molar refractivity (Wildman–Crippen MR) is 59.5 cm³/mol. The highest BCUT2D eigenvalue weighted by atomic mass is 14.6. The van der Waals surface area contributed by atoms with E-state index in [1.807, 2.05) is 6.07 Å². The number of hydrogen-bond donors (Lipinski definition) is 0. The van der Waals surface area contributed by atoms with E-state index in [0.717, 1.165) is 5.52 Å². The van der Waals surface area contributed by atoms with E-state index in [1.165, 1.54) is 27.6 Å². The van der Waals surface area contributed by atoms with Crippen LogP contribution in [-0.2, 0) is 0 Å². The molecule has 1 nitrogen and oxygen atoms in total. The number of benzene rings is 1. The number of aryl methyl sites for hydroxylation is 2. The van der Waals surface area contributed by atoms with E-state index in [-0.39, 0.29) is 0 Å². The molecule has 2 rings (SSSR count). The molecule has 1 radical (unpaired) electrons. The first-order valence-electron chi connectivity index (χ1n) is 4.86. The Morgan fingerprint density at radius 3 is 2.29 bits per heavy atom. The summed E-state index contributed by atoms with van der Waals surface area (Å²) in [6, 6.07) is 3.97. The highest BCUT2D eigenvalue weighted by molar-refractivity contribution is 5.87. The molecule has 0 aliphatic rings. The fraction of sp³-hybridized carbons (Fsp3) is 0.308. The Labute approximate surface area is 84.8 Å². The summed E-state index contributed by atoms with van der Waals surface area (Å²) in [5.74, 6) is 0. The molecular formula is C13H14N. The van der Waals surface area contributed by atoms with Crippen molar-refractivity contribution in [2.75, 3.05) is 0 Å². The highest BCUT2D eigenvalue weighted by Gasteiger charge is 2.08. The lowest BCUT2D eigenvalue weighted by Crippen LogP contribution is -1.95. The molecule has 71 valence electrons. The van der Waals surface area contributed by atoms with E-state index in [1.54, 1.807) is 0 Å². The second-order valence-electron chi connectivity index (χ2n) is 3.84. The molecule has 0 saturated carbocycles. The number of pyridine rings is 1. The van der Waals surface area contributed by atoms with Gasteiger partial charge >= 0.3 is 0 Å². The van der Waals surface area contributed by atoms with Crippen molar-refractivity contribution in [1.82, 2.24) is 4.98 Å². The van der Waals surface area contributed by atoms with Crippen LogP contribution in [0.3, 0.4) is 0 Å². The van der Waals surface area contributed by atoms with E-state index in [9.17, 15) is 0 Å². The van der Waals surface area contributed by atoms with Crippen molar-refractivity contribution in [1.29, 1.82) is 0 Å². The van der Waals surface area contributed by atoms with Crippen LogP contribution < -0.4 is 0 Å². The van der Waals surface area contributed by atoms with Gasteiger partial charge in [-0.1, -0.05) is 6.07 Å². The normalized spacial score (nSPS) is 10.9. The molecule has 0 N–H and O–H groups in total. The van der Waals surface area contributed by atoms with E-state index >= 15 is 0 Å². The van der Waals surface area contributed by atoms with Crippen LogP contribution in [0, 0.1) is 33.9 Å². The van der Waals surface area contributed by atoms with Crippen molar-refractivity contribution >= 4 is 10.9 Å². The molecule has 0 aliphatic carbocycles. The fourth-order valence-corrected chi connectivity index (χ4v) is 1.89. The molecule has 1 aromatic heterocycles. The molecular weight excluding hydrogens is 170 g/mol. The maximum atomic E-state index is 4.32. The van der Waals surface area contributed by atoms with Crippen LogP contribution in [0.4, 0.5) is 0 Å². The Kier molecular flexibility index (Phi) is 2.03. The average molecular weight is 184 g/mol. The van der Waals surface area contributed by atoms with Gasteiger partial charge in [-0.2, -0.15) is 0 Å². The fourth-order valence-electron chi connectivity index (χ4n) is 1.89. The van der Waals surface area contributed by atoms with Gasteiger partial charge in [0.1, 0.15) is 0 Å². The molecule has 0 unspecified atom stereocenters. The third-order valence-electron chi connectivity index (χ3n) is 3.20. The second kappa shape index (κ2) is 3.09. The van der Waals surface area contributed by atoms with Crippen LogP contribution >= 0.6 is 0 Å². The highest BCUT2D eigenvalue weighted by Crippen LogP contribution is 2.26. The van der Waals surface area contributed by atoms with Gasteiger partial charge in [-0.3, -0.25) is 0 Å². The summed E-state index contributed by atoms with van der Waals surface area (Å²) in [7, 11) is 0. The second-order valence-corrected chi connectivity index (χ2v) is 3.84. The zero-order valence-electron chi connectivity index (χ0n) is 9.10. The van der Waals surface area contributed by atoms with E-state index < -0.39 is 0 Å². The lowest BCUT2D eigenvalue weighted by molar-refractivity contribution is 1.22. The Morgan fingerprint density at radius 2 is 1.57 bits per heavy atom. The monoisotopic (exact) mass is 184 g/mol. The van der Waals surface area contributed by atoms with Crippen molar-refractivity contribution < 1.29 is 0 Å². The first-order valence-corrected chi connectivity index (χ1v) is 4.86. The lowest BCUT2D eigenvalue weighted by Gasteiger charge is -2.12. The number of fused-ring (bicyclic) bond motifs is 1. The first-order chi connectivity index (χ1) is 6.63. The summed E-state index contributed by atoms with van der Waals surface area (Å²) in [6.45, 7) is 8.62. The van der Waals surface area contributed by atoms with Gasteiger partial charge in [0, 0.05) is 5.39 Å². The Hall–Kier alpha value is -1.37. The molecule has 2 aromatic rings. The zero-order valence-corrected chi connectivity index (χ0v) is 9.10. The van der Waals surface area contributed by atoms with Crippen LogP contribution in [0.15, 0.2) is 12.1 Å². The average Bonchev–Trinajstić information content (AvgIpc) is 2.23. The largest absolute Gasteiger partial charge is 0.246 e. The van der Waals surface area contributed by atoms with Gasteiger partial charge in [0.15, 0.2) is 0 Å². The van der Waals surface area contributed by atoms with Gasteiger partial charge in [-0.25, -0.2) is 4.98 Å². The van der Waals surface area contributed by atoms with Crippen molar-refractivity contribution in [2.45, 2.75) is 27.7 Å². The number of hydrogen-bond acceptors (Lipinski definition) is 1. The topological polar surface area (TPSA) is 12.9 Å². The van der Waals surface area contributed by atoms with E-state index in [4.69, 9.17) is 0 Å². The quantitative estimate of drug-likeness (QED) is 0.612. The molecule has 14 heavy (non-hydrogen) atoms. The molecule has 0 fully saturated rings. The standard InChI is InChI=1S/C13H14N/c1-8-9(2)11(4)13-12(10(8)3)6-5-7-14-13/h5-6H,1-4H3. The lowest BCUT2D eigenvalue weighted by atomic mass is 9.95. The minimum Gasteiger partial charge on any atom is -0.246 e. The van der Waals surface area contributed by atoms with Crippen LogP contribution in [0.5, 0.6) is 0 Å². The zero-order chi connectivity index (χ0) is 10.3. The van der Waals surface area contributed by atoms with Gasteiger partial charge in [0.2, 0.25) is 0 Å². The Bertz CT molecular complexity index is 452. The van der Waals surface area contributed by atoms with Crippen LogP contribution in [-0.4, -0.2) is 4.98 Å². The van der Waals surface area contributed by atoms with Crippen molar-refractivity contribution in [3.8, 4) is 0 Å². The summed E-state index contributed by atoms with van der Waals surface area (Å²) in [5, 5.41) is 1.25. The SMILES string of the molecule is Cc1c(C)c(C)c2n[c]ccc2c1C. The maximum absolute atomic E-state index is 4.32. The smallest absolute Gasteiger partial charge is 0.0894 e. The van der Waals surface area contributed by atoms with Gasteiger partial charge in [-0.15, -0.1) is 0 Å². The van der Waals surface area contributed by atoms with Crippen LogP contribution in [0.2, 0.25) is 0 Å².